The maximum absolute atomic E-state index is 12.3. The van der Waals surface area contributed by atoms with Crippen molar-refractivity contribution >= 4 is 34.1 Å². The van der Waals surface area contributed by atoms with Gasteiger partial charge in [0.05, 0.1) is 12.7 Å². The first-order chi connectivity index (χ1) is 13.4. The molecule has 0 spiro atoms. The van der Waals surface area contributed by atoms with E-state index in [0.717, 1.165) is 29.7 Å². The molecule has 148 valence electrons. The van der Waals surface area contributed by atoms with Crippen LogP contribution < -0.4 is 15.8 Å². The summed E-state index contributed by atoms with van der Waals surface area (Å²) in [5, 5.41) is 3.28. The van der Waals surface area contributed by atoms with Crippen molar-refractivity contribution in [3.8, 4) is 5.75 Å². The van der Waals surface area contributed by atoms with Gasteiger partial charge < -0.3 is 20.5 Å². The van der Waals surface area contributed by atoms with Gasteiger partial charge in [0.15, 0.2) is 6.61 Å². The fourth-order valence-electron chi connectivity index (χ4n) is 3.18. The zero-order valence-electron chi connectivity index (χ0n) is 15.7. The quantitative estimate of drug-likeness (QED) is 0.723. The molecule has 3 N–H and O–H groups in total. The van der Waals surface area contributed by atoms with Crippen LogP contribution in [-0.2, 0) is 22.4 Å². The number of benzene rings is 1. The lowest BCUT2D eigenvalue weighted by atomic mass is 9.88. The maximum atomic E-state index is 12.3. The molecule has 3 rings (SSSR count). The Morgan fingerprint density at radius 3 is 2.61 bits per heavy atom. The minimum Gasteiger partial charge on any atom is -0.484 e. The Morgan fingerprint density at radius 2 is 1.96 bits per heavy atom. The number of carbonyl (C=O) groups excluding carboxylic acids is 3. The summed E-state index contributed by atoms with van der Waals surface area (Å²) < 4.78 is 10.4. The second-order valence-electron chi connectivity index (χ2n) is 6.77. The van der Waals surface area contributed by atoms with Crippen LogP contribution in [0.3, 0.4) is 0 Å². The molecular weight excluding hydrogens is 380 g/mol. The number of nitrogens with two attached hydrogens (primary N) is 1. The van der Waals surface area contributed by atoms with Gasteiger partial charge in [-0.2, -0.15) is 0 Å². The molecule has 1 unspecified atom stereocenters. The van der Waals surface area contributed by atoms with E-state index in [9.17, 15) is 14.4 Å². The lowest BCUT2D eigenvalue weighted by Gasteiger charge is -2.18. The van der Waals surface area contributed by atoms with Crippen molar-refractivity contribution in [3.63, 3.8) is 0 Å². The molecule has 0 saturated carbocycles. The maximum Gasteiger partial charge on any atom is 0.341 e. The molecule has 0 saturated heterocycles. The number of carbonyl (C=O) groups is 3. The van der Waals surface area contributed by atoms with Crippen LogP contribution in [0.2, 0.25) is 0 Å². The van der Waals surface area contributed by atoms with Gasteiger partial charge in [0.25, 0.3) is 5.91 Å². The van der Waals surface area contributed by atoms with Crippen molar-refractivity contribution in [1.82, 2.24) is 0 Å². The molecule has 1 aliphatic rings. The molecule has 28 heavy (non-hydrogen) atoms. The predicted octanol–water partition coefficient (Wildman–Crippen LogP) is 2.78. The van der Waals surface area contributed by atoms with Gasteiger partial charge in [-0.25, -0.2) is 4.79 Å². The van der Waals surface area contributed by atoms with Crippen molar-refractivity contribution in [2.24, 2.45) is 11.7 Å². The van der Waals surface area contributed by atoms with Crippen LogP contribution in [0.15, 0.2) is 24.3 Å². The number of esters is 1. The Bertz CT molecular complexity index is 904. The molecule has 0 bridgehead atoms. The van der Waals surface area contributed by atoms with Crippen LogP contribution in [0.25, 0.3) is 0 Å². The van der Waals surface area contributed by atoms with Gasteiger partial charge in [-0.05, 0) is 55.0 Å². The SMILES string of the molecule is COC(=O)c1c(NC(=O)COc2ccc(C(N)=O)cc2)sc2c1CCC(C)C2. The van der Waals surface area contributed by atoms with E-state index in [1.165, 1.54) is 30.6 Å². The number of nitrogens with one attached hydrogen (secondary N) is 1. The van der Waals surface area contributed by atoms with Crippen molar-refractivity contribution < 1.29 is 23.9 Å². The molecule has 1 aromatic carbocycles. The number of rotatable bonds is 6. The molecule has 1 aromatic heterocycles. The lowest BCUT2D eigenvalue weighted by molar-refractivity contribution is -0.118. The van der Waals surface area contributed by atoms with E-state index in [0.29, 0.717) is 27.8 Å². The summed E-state index contributed by atoms with van der Waals surface area (Å²) in [4.78, 5) is 36.8. The molecular formula is C20H22N2O5S. The third-order valence-corrected chi connectivity index (χ3v) is 5.83. The van der Waals surface area contributed by atoms with E-state index in [1.54, 1.807) is 12.1 Å². The van der Waals surface area contributed by atoms with Gasteiger partial charge in [0.1, 0.15) is 10.8 Å². The summed E-state index contributed by atoms with van der Waals surface area (Å²) in [5.41, 5.74) is 6.98. The first-order valence-electron chi connectivity index (χ1n) is 8.94. The Morgan fingerprint density at radius 1 is 1.25 bits per heavy atom. The average Bonchev–Trinajstić information content (AvgIpc) is 3.02. The zero-order valence-corrected chi connectivity index (χ0v) is 16.6. The third-order valence-electron chi connectivity index (χ3n) is 4.66. The highest BCUT2D eigenvalue weighted by molar-refractivity contribution is 7.17. The molecule has 2 aromatic rings. The molecule has 1 atom stereocenters. The fraction of sp³-hybridized carbons (Fsp3) is 0.350. The monoisotopic (exact) mass is 402 g/mol. The summed E-state index contributed by atoms with van der Waals surface area (Å²) in [6.07, 6.45) is 2.70. The van der Waals surface area contributed by atoms with Gasteiger partial charge in [-0.1, -0.05) is 6.92 Å². The molecule has 8 heteroatoms. The van der Waals surface area contributed by atoms with E-state index in [2.05, 4.69) is 12.2 Å². The molecule has 1 aliphatic carbocycles. The molecule has 2 amide bonds. The second kappa shape index (κ2) is 8.43. The number of amides is 2. The van der Waals surface area contributed by atoms with E-state index < -0.39 is 11.9 Å². The van der Waals surface area contributed by atoms with Crippen LogP contribution in [-0.4, -0.2) is 31.5 Å². The Labute approximate surface area is 166 Å². The number of methoxy groups -OCH3 is 1. The van der Waals surface area contributed by atoms with Gasteiger partial charge >= 0.3 is 5.97 Å². The predicted molar refractivity (Wildman–Crippen MR) is 106 cm³/mol. The highest BCUT2D eigenvalue weighted by Crippen LogP contribution is 2.40. The highest BCUT2D eigenvalue weighted by atomic mass is 32.1. The highest BCUT2D eigenvalue weighted by Gasteiger charge is 2.28. The van der Waals surface area contributed by atoms with Gasteiger partial charge in [0, 0.05) is 10.4 Å². The molecule has 0 radical (unpaired) electrons. The first kappa shape index (κ1) is 19.9. The summed E-state index contributed by atoms with van der Waals surface area (Å²) >= 11 is 1.42. The average molecular weight is 402 g/mol. The summed E-state index contributed by atoms with van der Waals surface area (Å²) in [6, 6.07) is 6.19. The van der Waals surface area contributed by atoms with E-state index in [4.69, 9.17) is 15.2 Å². The minimum absolute atomic E-state index is 0.227. The standard InChI is InChI=1S/C20H22N2O5S/c1-11-3-8-14-15(9-11)28-19(17(14)20(25)26-2)22-16(23)10-27-13-6-4-12(5-7-13)18(21)24/h4-7,11H,3,8-10H2,1-2H3,(H2,21,24)(H,22,23). The number of ether oxygens (including phenoxy) is 2. The fourth-order valence-corrected chi connectivity index (χ4v) is 4.60. The zero-order chi connectivity index (χ0) is 20.3. The number of fused-ring (bicyclic) bond motifs is 1. The van der Waals surface area contributed by atoms with Crippen LogP contribution in [0.5, 0.6) is 5.75 Å². The number of primary amides is 1. The van der Waals surface area contributed by atoms with Crippen LogP contribution in [0, 0.1) is 5.92 Å². The number of thiophene rings is 1. The van der Waals surface area contributed by atoms with Crippen LogP contribution >= 0.6 is 11.3 Å². The second-order valence-corrected chi connectivity index (χ2v) is 7.88. The topological polar surface area (TPSA) is 108 Å². The molecule has 0 aliphatic heterocycles. The van der Waals surface area contributed by atoms with Crippen molar-refractivity contribution in [1.29, 1.82) is 0 Å². The Hall–Kier alpha value is -2.87. The number of hydrogen-bond acceptors (Lipinski definition) is 6. The Kier molecular flexibility index (Phi) is 5.99. The van der Waals surface area contributed by atoms with Crippen LogP contribution in [0.1, 0.15) is 44.5 Å². The van der Waals surface area contributed by atoms with Crippen molar-refractivity contribution in [2.75, 3.05) is 19.0 Å². The van der Waals surface area contributed by atoms with Crippen molar-refractivity contribution in [3.05, 3.63) is 45.8 Å². The largest absolute Gasteiger partial charge is 0.484 e. The molecule has 7 nitrogen and oxygen atoms in total. The number of anilines is 1. The molecule has 0 fully saturated rings. The third kappa shape index (κ3) is 4.33. The Balaban J connectivity index is 1.69. The van der Waals surface area contributed by atoms with Gasteiger partial charge in [0.2, 0.25) is 5.91 Å². The van der Waals surface area contributed by atoms with E-state index in [1.807, 2.05) is 0 Å². The van der Waals surface area contributed by atoms with Gasteiger partial charge in [-0.3, -0.25) is 9.59 Å². The minimum atomic E-state index is -0.532. The van der Waals surface area contributed by atoms with Crippen LogP contribution in [0.4, 0.5) is 5.00 Å². The van der Waals surface area contributed by atoms with Crippen molar-refractivity contribution in [2.45, 2.75) is 26.2 Å². The summed E-state index contributed by atoms with van der Waals surface area (Å²) in [6.45, 7) is 1.95. The summed E-state index contributed by atoms with van der Waals surface area (Å²) in [5.74, 6) is -0.365. The lowest BCUT2D eigenvalue weighted by Crippen LogP contribution is -2.21. The van der Waals surface area contributed by atoms with Gasteiger partial charge in [-0.15, -0.1) is 11.3 Å². The summed E-state index contributed by atoms with van der Waals surface area (Å²) in [7, 11) is 1.34. The van der Waals surface area contributed by atoms with E-state index >= 15 is 0 Å². The molecule has 1 heterocycles. The van der Waals surface area contributed by atoms with E-state index in [-0.39, 0.29) is 12.5 Å². The normalized spacial score (nSPS) is 15.4. The smallest absolute Gasteiger partial charge is 0.341 e. The number of hydrogen-bond donors (Lipinski definition) is 2. The first-order valence-corrected chi connectivity index (χ1v) is 9.76.